The van der Waals surface area contributed by atoms with Crippen molar-refractivity contribution < 1.29 is 12.7 Å². The number of rotatable bonds is 4. The van der Waals surface area contributed by atoms with E-state index in [1.165, 1.54) is 57.1 Å². The molecule has 4 nitrogen and oxygen atoms in total. The highest BCUT2D eigenvalue weighted by atomic mass is 32.2. The average molecular weight is 352 g/mol. The van der Waals surface area contributed by atoms with Crippen molar-refractivity contribution >= 4 is 10.1 Å². The lowest BCUT2D eigenvalue weighted by Crippen LogP contribution is -2.20. The topological polar surface area (TPSA) is 55.4 Å². The maximum Gasteiger partial charge on any atom is 0.317 e. The molecular weight excluding hydrogens is 322 g/mol. The summed E-state index contributed by atoms with van der Waals surface area (Å²) in [5, 5.41) is 0. The van der Waals surface area contributed by atoms with Gasteiger partial charge >= 0.3 is 10.1 Å². The summed E-state index contributed by atoms with van der Waals surface area (Å²) in [6.45, 7) is 0. The Morgan fingerprint density at radius 3 is 2.04 bits per heavy atom. The fourth-order valence-corrected chi connectivity index (χ4v) is 3.72. The van der Waals surface area contributed by atoms with Gasteiger partial charge in [0.05, 0.1) is 4.90 Å². The monoisotopic (exact) mass is 351 g/mol. The highest BCUT2D eigenvalue weighted by Crippen LogP contribution is 2.17. The predicted octanol–water partition coefficient (Wildman–Crippen LogP) is 5.09. The van der Waals surface area contributed by atoms with E-state index < -0.39 is 10.1 Å². The van der Waals surface area contributed by atoms with Crippen molar-refractivity contribution in [3.63, 3.8) is 0 Å². The van der Waals surface area contributed by atoms with Gasteiger partial charge in [0.2, 0.25) is 0 Å². The number of benzene rings is 1. The zero-order chi connectivity index (χ0) is 17.1. The van der Waals surface area contributed by atoms with Crippen LogP contribution in [0, 0.1) is 0 Å². The molecule has 0 radical (unpaired) electrons. The van der Waals surface area contributed by atoms with Gasteiger partial charge in [0, 0.05) is 5.70 Å². The van der Waals surface area contributed by atoms with Crippen molar-refractivity contribution in [3.05, 3.63) is 42.1 Å². The van der Waals surface area contributed by atoms with Gasteiger partial charge in [-0.05, 0) is 37.8 Å². The Labute approximate surface area is 146 Å². The molecule has 0 bridgehead atoms. The van der Waals surface area contributed by atoms with E-state index >= 15 is 0 Å². The van der Waals surface area contributed by atoms with Crippen molar-refractivity contribution in [3.8, 4) is 0 Å². The maximum atomic E-state index is 12.2. The van der Waals surface area contributed by atoms with Crippen molar-refractivity contribution in [1.29, 1.82) is 0 Å². The molecule has 1 aromatic rings. The third-order valence-corrected chi connectivity index (χ3v) is 5.51. The van der Waals surface area contributed by atoms with E-state index in [-0.39, 0.29) is 4.90 Å². The summed E-state index contributed by atoms with van der Waals surface area (Å²) in [6.07, 6.45) is 15.1. The van der Waals surface area contributed by atoms with E-state index in [0.29, 0.717) is 0 Å². The normalized spacial score (nSPS) is 18.6. The van der Waals surface area contributed by atoms with Gasteiger partial charge in [-0.2, -0.15) is 8.42 Å². The van der Waals surface area contributed by atoms with Gasteiger partial charge in [0.25, 0.3) is 0 Å². The quantitative estimate of drug-likeness (QED) is 0.768. The Hall–Kier alpha value is -1.33. The molecule has 0 aliphatic heterocycles. The Kier molecular flexibility index (Phi) is 8.33. The van der Waals surface area contributed by atoms with Gasteiger partial charge in [-0.15, -0.1) is 4.28 Å². The van der Waals surface area contributed by atoms with E-state index in [9.17, 15) is 8.42 Å². The Bertz CT molecular complexity index is 596. The van der Waals surface area contributed by atoms with E-state index in [2.05, 4.69) is 11.6 Å². The number of hydroxylamine groups is 1. The molecule has 1 aliphatic carbocycles. The first-order valence-electron chi connectivity index (χ1n) is 9.12. The molecule has 0 aromatic heterocycles. The van der Waals surface area contributed by atoms with E-state index in [0.717, 1.165) is 31.4 Å². The van der Waals surface area contributed by atoms with Gasteiger partial charge in [-0.1, -0.05) is 69.2 Å². The second-order valence-corrected chi connectivity index (χ2v) is 7.95. The van der Waals surface area contributed by atoms with Crippen molar-refractivity contribution in [2.75, 3.05) is 0 Å². The standard InChI is InChI=1S/C19H29NO3S/c21-24(22,19-16-12-9-13-17-19)23-20-18-14-10-7-5-3-1-2-4-6-8-11-15-18/h9,12-14,16-17,20H,1-8,10-11,15H2. The van der Waals surface area contributed by atoms with E-state index in [4.69, 9.17) is 4.28 Å². The molecule has 0 heterocycles. The Morgan fingerprint density at radius 1 is 0.792 bits per heavy atom. The summed E-state index contributed by atoms with van der Waals surface area (Å²) in [5.41, 5.74) is 3.58. The van der Waals surface area contributed by atoms with Crippen molar-refractivity contribution in [2.24, 2.45) is 0 Å². The van der Waals surface area contributed by atoms with Crippen LogP contribution in [0.4, 0.5) is 0 Å². The maximum absolute atomic E-state index is 12.2. The van der Waals surface area contributed by atoms with Crippen LogP contribution in [0.2, 0.25) is 0 Å². The lowest BCUT2D eigenvalue weighted by Gasteiger charge is -2.11. The Morgan fingerprint density at radius 2 is 1.38 bits per heavy atom. The minimum atomic E-state index is -3.77. The summed E-state index contributed by atoms with van der Waals surface area (Å²) in [4.78, 5) is 0.169. The molecular formula is C19H29NO3S. The molecule has 0 amide bonds. The average Bonchev–Trinajstić information content (AvgIpc) is 2.62. The minimum Gasteiger partial charge on any atom is -0.254 e. The molecule has 134 valence electrons. The summed E-state index contributed by atoms with van der Waals surface area (Å²) < 4.78 is 29.4. The summed E-state index contributed by atoms with van der Waals surface area (Å²) in [5.74, 6) is 0. The summed E-state index contributed by atoms with van der Waals surface area (Å²) in [6, 6.07) is 8.24. The lowest BCUT2D eigenvalue weighted by molar-refractivity contribution is 0.230. The fourth-order valence-electron chi connectivity index (χ4n) is 2.91. The molecule has 5 heteroatoms. The van der Waals surface area contributed by atoms with Crippen molar-refractivity contribution in [1.82, 2.24) is 5.48 Å². The number of hydrogen-bond acceptors (Lipinski definition) is 4. The van der Waals surface area contributed by atoms with Crippen LogP contribution in [-0.2, 0) is 14.4 Å². The van der Waals surface area contributed by atoms with Gasteiger partial charge < -0.3 is 0 Å². The molecule has 2 rings (SSSR count). The molecule has 24 heavy (non-hydrogen) atoms. The fraction of sp³-hybridized carbons (Fsp3) is 0.579. The molecule has 0 fully saturated rings. The number of nitrogens with one attached hydrogen (secondary N) is 1. The highest BCUT2D eigenvalue weighted by molar-refractivity contribution is 7.86. The first kappa shape index (κ1) is 19.0. The predicted molar refractivity (Wildman–Crippen MR) is 96.7 cm³/mol. The number of hydrogen-bond donors (Lipinski definition) is 1. The first-order chi connectivity index (χ1) is 11.7. The third kappa shape index (κ3) is 7.05. The van der Waals surface area contributed by atoms with Gasteiger partial charge in [0.1, 0.15) is 0 Å². The van der Waals surface area contributed by atoms with Gasteiger partial charge in [-0.3, -0.25) is 5.48 Å². The zero-order valence-corrected chi connectivity index (χ0v) is 15.2. The first-order valence-corrected chi connectivity index (χ1v) is 10.5. The molecule has 0 unspecified atom stereocenters. The largest absolute Gasteiger partial charge is 0.317 e. The molecule has 0 saturated carbocycles. The molecule has 1 aromatic carbocycles. The Balaban J connectivity index is 1.91. The van der Waals surface area contributed by atoms with Crippen LogP contribution in [0.15, 0.2) is 47.0 Å². The smallest absolute Gasteiger partial charge is 0.254 e. The summed E-state index contributed by atoms with van der Waals surface area (Å²) >= 11 is 0. The third-order valence-electron chi connectivity index (χ3n) is 4.36. The van der Waals surface area contributed by atoms with Crippen LogP contribution in [-0.4, -0.2) is 8.42 Å². The SMILES string of the molecule is O=S(=O)(ONC1=CCCCCCCCCCCC1)c1ccccc1. The van der Waals surface area contributed by atoms with Crippen LogP contribution >= 0.6 is 0 Å². The molecule has 1 aliphatic rings. The lowest BCUT2D eigenvalue weighted by atomic mass is 10.1. The van der Waals surface area contributed by atoms with Gasteiger partial charge in [-0.25, -0.2) is 0 Å². The van der Waals surface area contributed by atoms with Crippen molar-refractivity contribution in [2.45, 2.75) is 75.5 Å². The number of allylic oxidation sites excluding steroid dienone is 2. The van der Waals surface area contributed by atoms with Crippen LogP contribution in [0.3, 0.4) is 0 Å². The van der Waals surface area contributed by atoms with Crippen LogP contribution < -0.4 is 5.48 Å². The molecule has 0 saturated heterocycles. The summed E-state index contributed by atoms with van der Waals surface area (Å²) in [7, 11) is -3.77. The van der Waals surface area contributed by atoms with Crippen LogP contribution in [0.25, 0.3) is 0 Å². The molecule has 1 N–H and O–H groups in total. The second kappa shape index (κ2) is 10.5. The van der Waals surface area contributed by atoms with E-state index in [1.54, 1.807) is 18.2 Å². The van der Waals surface area contributed by atoms with E-state index in [1.807, 2.05) is 0 Å². The van der Waals surface area contributed by atoms with Crippen LogP contribution in [0.5, 0.6) is 0 Å². The zero-order valence-electron chi connectivity index (χ0n) is 14.4. The molecule has 0 atom stereocenters. The minimum absolute atomic E-state index is 0.169. The highest BCUT2D eigenvalue weighted by Gasteiger charge is 2.15. The van der Waals surface area contributed by atoms with Crippen LogP contribution in [0.1, 0.15) is 70.6 Å². The second-order valence-electron chi connectivity index (χ2n) is 6.40. The molecule has 0 spiro atoms. The van der Waals surface area contributed by atoms with Gasteiger partial charge in [0.15, 0.2) is 0 Å².